The molecule has 0 aliphatic carbocycles. The zero-order chi connectivity index (χ0) is 19.8. The van der Waals surface area contributed by atoms with Crippen LogP contribution >= 0.6 is 0 Å². The van der Waals surface area contributed by atoms with Crippen LogP contribution in [0.25, 0.3) is 0 Å². The molecule has 6 nitrogen and oxygen atoms in total. The molecule has 6 heteroatoms. The smallest absolute Gasteiger partial charge is 0.255 e. The maximum atomic E-state index is 12.4. The number of carbonyl (C=O) groups is 2. The Balaban J connectivity index is 2.08. The number of nitrogens with one attached hydrogen (secondary N) is 1. The monoisotopic (exact) mass is 370 g/mol. The molecule has 0 atom stereocenters. The highest BCUT2D eigenvalue weighted by Crippen LogP contribution is 2.29. The van der Waals surface area contributed by atoms with Gasteiger partial charge in [-0.15, -0.1) is 0 Å². The van der Waals surface area contributed by atoms with Crippen LogP contribution in [-0.2, 0) is 4.79 Å². The summed E-state index contributed by atoms with van der Waals surface area (Å²) in [7, 11) is 1.52. The molecule has 2 aromatic rings. The van der Waals surface area contributed by atoms with Gasteiger partial charge in [-0.1, -0.05) is 24.3 Å². The highest BCUT2D eigenvalue weighted by molar-refractivity contribution is 5.97. The van der Waals surface area contributed by atoms with Gasteiger partial charge >= 0.3 is 0 Å². The van der Waals surface area contributed by atoms with E-state index in [1.54, 1.807) is 29.2 Å². The number of hydrogen-bond acceptors (Lipinski definition) is 4. The first kappa shape index (κ1) is 20.3. The van der Waals surface area contributed by atoms with Crippen molar-refractivity contribution in [2.24, 2.45) is 0 Å². The van der Waals surface area contributed by atoms with Gasteiger partial charge < -0.3 is 19.7 Å². The van der Waals surface area contributed by atoms with Gasteiger partial charge in [-0.25, -0.2) is 0 Å². The SMILES string of the molecule is COc1ccccc1C(=O)NCCN(C(C)=O)c1ccccc1OC(C)C. The molecule has 0 radical (unpaired) electrons. The maximum absolute atomic E-state index is 12.4. The summed E-state index contributed by atoms with van der Waals surface area (Å²) in [6, 6.07) is 14.4. The van der Waals surface area contributed by atoms with Crippen LogP contribution in [-0.4, -0.2) is 38.1 Å². The summed E-state index contributed by atoms with van der Waals surface area (Å²) < 4.78 is 11.0. The number of anilines is 1. The normalized spacial score (nSPS) is 10.4. The maximum Gasteiger partial charge on any atom is 0.255 e. The predicted octanol–water partition coefficient (Wildman–Crippen LogP) is 3.27. The third kappa shape index (κ3) is 5.48. The highest BCUT2D eigenvalue weighted by atomic mass is 16.5. The van der Waals surface area contributed by atoms with E-state index >= 15 is 0 Å². The lowest BCUT2D eigenvalue weighted by Crippen LogP contribution is -2.38. The molecule has 0 unspecified atom stereocenters. The van der Waals surface area contributed by atoms with Gasteiger partial charge in [-0.2, -0.15) is 0 Å². The Bertz CT molecular complexity index is 789. The Hall–Kier alpha value is -3.02. The molecule has 2 rings (SSSR count). The highest BCUT2D eigenvalue weighted by Gasteiger charge is 2.17. The average molecular weight is 370 g/mol. The van der Waals surface area contributed by atoms with Gasteiger partial charge in [-0.05, 0) is 38.1 Å². The van der Waals surface area contributed by atoms with Crippen molar-refractivity contribution in [3.05, 3.63) is 54.1 Å². The molecule has 0 saturated heterocycles. The van der Waals surface area contributed by atoms with Crippen LogP contribution in [0.3, 0.4) is 0 Å². The molecule has 144 valence electrons. The molecular weight excluding hydrogens is 344 g/mol. The Morgan fingerprint density at radius 1 is 1.04 bits per heavy atom. The second-order valence-corrected chi connectivity index (χ2v) is 6.26. The number of nitrogens with zero attached hydrogens (tertiary/aromatic N) is 1. The molecule has 0 aromatic heterocycles. The van der Waals surface area contributed by atoms with E-state index in [0.717, 1.165) is 0 Å². The zero-order valence-corrected chi connectivity index (χ0v) is 16.2. The molecule has 0 fully saturated rings. The average Bonchev–Trinajstić information content (AvgIpc) is 2.65. The van der Waals surface area contributed by atoms with Gasteiger partial charge in [0.15, 0.2) is 0 Å². The topological polar surface area (TPSA) is 67.9 Å². The second kappa shape index (κ2) is 9.62. The number of benzene rings is 2. The number of para-hydroxylation sites is 3. The molecule has 0 heterocycles. The summed E-state index contributed by atoms with van der Waals surface area (Å²) in [5, 5.41) is 2.84. The molecule has 2 amide bonds. The molecule has 27 heavy (non-hydrogen) atoms. The number of ether oxygens (including phenoxy) is 2. The van der Waals surface area contributed by atoms with Crippen molar-refractivity contribution in [3.63, 3.8) is 0 Å². The van der Waals surface area contributed by atoms with Gasteiger partial charge in [0.2, 0.25) is 5.91 Å². The Labute approximate surface area is 160 Å². The summed E-state index contributed by atoms with van der Waals surface area (Å²) in [6.45, 7) is 5.99. The fraction of sp³-hybridized carbons (Fsp3) is 0.333. The van der Waals surface area contributed by atoms with E-state index in [2.05, 4.69) is 5.32 Å². The van der Waals surface area contributed by atoms with Crippen LogP contribution in [0.5, 0.6) is 11.5 Å². The Morgan fingerprint density at radius 3 is 2.30 bits per heavy atom. The number of hydrogen-bond donors (Lipinski definition) is 1. The number of methoxy groups -OCH3 is 1. The summed E-state index contributed by atoms with van der Waals surface area (Å²) in [4.78, 5) is 26.2. The lowest BCUT2D eigenvalue weighted by molar-refractivity contribution is -0.116. The molecule has 1 N–H and O–H groups in total. The van der Waals surface area contributed by atoms with Crippen LogP contribution in [0.2, 0.25) is 0 Å². The van der Waals surface area contributed by atoms with Gasteiger partial charge in [0.25, 0.3) is 5.91 Å². The van der Waals surface area contributed by atoms with Crippen molar-refractivity contribution in [2.45, 2.75) is 26.9 Å². The van der Waals surface area contributed by atoms with Gasteiger partial charge in [0, 0.05) is 20.0 Å². The summed E-state index contributed by atoms with van der Waals surface area (Å²) in [6.07, 6.45) is -0.00907. The quantitative estimate of drug-likeness (QED) is 0.774. The predicted molar refractivity (Wildman–Crippen MR) is 106 cm³/mol. The Morgan fingerprint density at radius 2 is 1.67 bits per heavy atom. The minimum absolute atomic E-state index is 0.00907. The van der Waals surface area contributed by atoms with E-state index in [9.17, 15) is 9.59 Å². The van der Waals surface area contributed by atoms with E-state index in [-0.39, 0.29) is 17.9 Å². The fourth-order valence-electron chi connectivity index (χ4n) is 2.69. The van der Waals surface area contributed by atoms with Crippen LogP contribution in [0.1, 0.15) is 31.1 Å². The van der Waals surface area contributed by atoms with Crippen LogP contribution in [0, 0.1) is 0 Å². The lowest BCUT2D eigenvalue weighted by atomic mass is 10.2. The molecule has 0 aliphatic rings. The van der Waals surface area contributed by atoms with Crippen molar-refractivity contribution in [1.29, 1.82) is 0 Å². The van der Waals surface area contributed by atoms with Gasteiger partial charge in [0.1, 0.15) is 11.5 Å². The molecule has 0 spiro atoms. The number of rotatable bonds is 8. The lowest BCUT2D eigenvalue weighted by Gasteiger charge is -2.25. The first-order valence-corrected chi connectivity index (χ1v) is 8.89. The van der Waals surface area contributed by atoms with E-state index in [0.29, 0.717) is 35.8 Å². The number of amides is 2. The molecule has 0 bridgehead atoms. The van der Waals surface area contributed by atoms with E-state index < -0.39 is 0 Å². The van der Waals surface area contributed by atoms with Crippen molar-refractivity contribution in [3.8, 4) is 11.5 Å². The summed E-state index contributed by atoms with van der Waals surface area (Å²) in [5.74, 6) is 0.775. The van der Waals surface area contributed by atoms with Gasteiger partial charge in [-0.3, -0.25) is 9.59 Å². The number of carbonyl (C=O) groups excluding carboxylic acids is 2. The van der Waals surface area contributed by atoms with E-state index in [4.69, 9.17) is 9.47 Å². The zero-order valence-electron chi connectivity index (χ0n) is 16.2. The van der Waals surface area contributed by atoms with Crippen LogP contribution in [0.15, 0.2) is 48.5 Å². The van der Waals surface area contributed by atoms with E-state index in [1.807, 2.05) is 38.1 Å². The summed E-state index contributed by atoms with van der Waals surface area (Å²) in [5.41, 5.74) is 1.14. The fourth-order valence-corrected chi connectivity index (χ4v) is 2.69. The van der Waals surface area contributed by atoms with Crippen molar-refractivity contribution in [2.75, 3.05) is 25.1 Å². The van der Waals surface area contributed by atoms with Crippen LogP contribution in [0.4, 0.5) is 5.69 Å². The minimum atomic E-state index is -0.248. The third-order valence-corrected chi connectivity index (χ3v) is 3.87. The van der Waals surface area contributed by atoms with Crippen molar-refractivity contribution >= 4 is 17.5 Å². The summed E-state index contributed by atoms with van der Waals surface area (Å²) >= 11 is 0. The molecule has 2 aromatic carbocycles. The van der Waals surface area contributed by atoms with Crippen LogP contribution < -0.4 is 19.7 Å². The molecular formula is C21H26N2O4. The first-order valence-electron chi connectivity index (χ1n) is 8.89. The Kier molecular flexibility index (Phi) is 7.23. The van der Waals surface area contributed by atoms with E-state index in [1.165, 1.54) is 14.0 Å². The second-order valence-electron chi connectivity index (χ2n) is 6.26. The first-order chi connectivity index (χ1) is 12.9. The third-order valence-electron chi connectivity index (χ3n) is 3.87. The standard InChI is InChI=1S/C21H26N2O4/c1-15(2)27-20-12-8-6-10-18(20)23(16(3)24)14-13-22-21(25)17-9-5-7-11-19(17)26-4/h5-12,15H,13-14H2,1-4H3,(H,22,25). The van der Waals surface area contributed by atoms with Gasteiger partial charge in [0.05, 0.1) is 24.5 Å². The molecule has 0 saturated carbocycles. The largest absolute Gasteiger partial charge is 0.496 e. The van der Waals surface area contributed by atoms with Crippen molar-refractivity contribution < 1.29 is 19.1 Å². The van der Waals surface area contributed by atoms with Crippen molar-refractivity contribution in [1.82, 2.24) is 5.32 Å². The minimum Gasteiger partial charge on any atom is -0.496 e. The molecule has 0 aliphatic heterocycles.